The van der Waals surface area contributed by atoms with Crippen molar-refractivity contribution in [1.29, 1.82) is 0 Å². The Bertz CT molecular complexity index is 556. The van der Waals surface area contributed by atoms with Crippen LogP contribution in [-0.4, -0.2) is 17.1 Å². The third-order valence-corrected chi connectivity index (χ3v) is 4.33. The highest BCUT2D eigenvalue weighted by molar-refractivity contribution is 6.36. The minimum absolute atomic E-state index is 0.00552. The quantitative estimate of drug-likeness (QED) is 0.775. The smallest absolute Gasteiger partial charge is 0.326 e. The molecular weight excluding hydrogens is 273 g/mol. The van der Waals surface area contributed by atoms with Gasteiger partial charge in [0.15, 0.2) is 0 Å². The van der Waals surface area contributed by atoms with Gasteiger partial charge in [-0.15, -0.1) is 0 Å². The summed E-state index contributed by atoms with van der Waals surface area (Å²) < 4.78 is 0. The lowest BCUT2D eigenvalue weighted by Crippen LogP contribution is -2.42. The van der Waals surface area contributed by atoms with Crippen molar-refractivity contribution in [2.45, 2.75) is 18.4 Å². The number of halogens is 2. The van der Waals surface area contributed by atoms with E-state index in [2.05, 4.69) is 5.32 Å². The van der Waals surface area contributed by atoms with Crippen LogP contribution in [0.25, 0.3) is 0 Å². The van der Waals surface area contributed by atoms with Gasteiger partial charge in [-0.2, -0.15) is 0 Å². The molecule has 0 radical (unpaired) electrons. The second-order valence-corrected chi connectivity index (χ2v) is 5.45. The molecule has 0 amide bonds. The number of hydrogen-bond donors (Lipinski definition) is 2. The van der Waals surface area contributed by atoms with Gasteiger partial charge in [-0.1, -0.05) is 35.4 Å². The molecule has 2 N–H and O–H groups in total. The SMILES string of the molecule is O=C(O)[C@@H]1Nc2c(Cl)ccc(Cl)c2[C@H]2C=CC[C@@H]21. The van der Waals surface area contributed by atoms with Gasteiger partial charge in [0.25, 0.3) is 0 Å². The molecule has 1 aliphatic heterocycles. The van der Waals surface area contributed by atoms with Crippen LogP contribution in [0.3, 0.4) is 0 Å². The fourth-order valence-electron chi connectivity index (χ4n) is 2.87. The van der Waals surface area contributed by atoms with Gasteiger partial charge in [0.1, 0.15) is 6.04 Å². The maximum Gasteiger partial charge on any atom is 0.326 e. The minimum atomic E-state index is -0.851. The van der Waals surface area contributed by atoms with Crippen molar-refractivity contribution >= 4 is 34.9 Å². The summed E-state index contributed by atoms with van der Waals surface area (Å²) in [4.78, 5) is 11.3. The highest BCUT2D eigenvalue weighted by Crippen LogP contribution is 2.49. The van der Waals surface area contributed by atoms with Gasteiger partial charge in [-0.3, -0.25) is 0 Å². The van der Waals surface area contributed by atoms with Gasteiger partial charge in [0, 0.05) is 22.4 Å². The Labute approximate surface area is 114 Å². The highest BCUT2D eigenvalue weighted by Gasteiger charge is 2.42. The van der Waals surface area contributed by atoms with Crippen molar-refractivity contribution in [2.24, 2.45) is 5.92 Å². The van der Waals surface area contributed by atoms with Crippen LogP contribution in [0.15, 0.2) is 24.3 Å². The summed E-state index contributed by atoms with van der Waals surface area (Å²) >= 11 is 12.4. The molecule has 2 aliphatic rings. The first-order valence-electron chi connectivity index (χ1n) is 5.73. The Morgan fingerprint density at radius 1 is 1.33 bits per heavy atom. The van der Waals surface area contributed by atoms with E-state index in [1.165, 1.54) is 0 Å². The summed E-state index contributed by atoms with van der Waals surface area (Å²) in [5.74, 6) is -0.810. The normalized spacial score (nSPS) is 28.4. The average molecular weight is 284 g/mol. The molecule has 1 aromatic carbocycles. The number of benzene rings is 1. The fourth-order valence-corrected chi connectivity index (χ4v) is 3.38. The largest absolute Gasteiger partial charge is 0.480 e. The zero-order chi connectivity index (χ0) is 12.9. The summed E-state index contributed by atoms with van der Waals surface area (Å²) in [5.41, 5.74) is 1.57. The standard InChI is InChI=1S/C13H11Cl2NO2/c14-8-4-5-9(15)12-10(8)6-2-1-3-7(6)11(16-12)13(17)18/h1-2,4-7,11,16H,3H2,(H,17,18)/t6-,7-,11+/m0/s1. The van der Waals surface area contributed by atoms with Crippen molar-refractivity contribution in [3.63, 3.8) is 0 Å². The topological polar surface area (TPSA) is 49.3 Å². The van der Waals surface area contributed by atoms with Crippen LogP contribution in [0.2, 0.25) is 10.0 Å². The lowest BCUT2D eigenvalue weighted by atomic mass is 9.79. The van der Waals surface area contributed by atoms with E-state index in [1.54, 1.807) is 12.1 Å². The molecule has 94 valence electrons. The molecule has 3 nitrogen and oxygen atoms in total. The van der Waals surface area contributed by atoms with Crippen LogP contribution in [0.5, 0.6) is 0 Å². The lowest BCUT2D eigenvalue weighted by molar-refractivity contribution is -0.139. The van der Waals surface area contributed by atoms with E-state index in [0.29, 0.717) is 15.7 Å². The van der Waals surface area contributed by atoms with Crippen molar-refractivity contribution in [2.75, 3.05) is 5.32 Å². The van der Waals surface area contributed by atoms with Crippen LogP contribution in [0.1, 0.15) is 17.9 Å². The van der Waals surface area contributed by atoms with E-state index in [9.17, 15) is 9.90 Å². The number of hydrogen-bond acceptors (Lipinski definition) is 2. The van der Waals surface area contributed by atoms with Crippen molar-refractivity contribution < 1.29 is 9.90 Å². The molecule has 5 heteroatoms. The van der Waals surface area contributed by atoms with E-state index in [-0.39, 0.29) is 11.8 Å². The Hall–Kier alpha value is -1.19. The average Bonchev–Trinajstić information content (AvgIpc) is 2.81. The van der Waals surface area contributed by atoms with E-state index >= 15 is 0 Å². The minimum Gasteiger partial charge on any atom is -0.480 e. The van der Waals surface area contributed by atoms with Crippen molar-refractivity contribution in [1.82, 2.24) is 0 Å². The van der Waals surface area contributed by atoms with E-state index in [0.717, 1.165) is 12.0 Å². The molecule has 3 rings (SSSR count). The van der Waals surface area contributed by atoms with Crippen LogP contribution in [0, 0.1) is 5.92 Å². The van der Waals surface area contributed by atoms with Crippen molar-refractivity contribution in [3.05, 3.63) is 39.9 Å². The molecule has 18 heavy (non-hydrogen) atoms. The van der Waals surface area contributed by atoms with Crippen LogP contribution in [0.4, 0.5) is 5.69 Å². The zero-order valence-electron chi connectivity index (χ0n) is 9.36. The molecule has 0 aromatic heterocycles. The predicted octanol–water partition coefficient (Wildman–Crippen LogP) is 3.53. The number of allylic oxidation sites excluding steroid dienone is 2. The molecule has 1 aromatic rings. The number of carboxylic acids is 1. The number of carboxylic acid groups (broad SMARTS) is 1. The monoisotopic (exact) mass is 283 g/mol. The van der Waals surface area contributed by atoms with Crippen LogP contribution >= 0.6 is 23.2 Å². The van der Waals surface area contributed by atoms with Gasteiger partial charge in [-0.25, -0.2) is 4.79 Å². The maximum atomic E-state index is 11.3. The first-order chi connectivity index (χ1) is 8.59. The third-order valence-electron chi connectivity index (χ3n) is 3.68. The highest BCUT2D eigenvalue weighted by atomic mass is 35.5. The Morgan fingerprint density at radius 3 is 2.78 bits per heavy atom. The Balaban J connectivity index is 2.17. The molecule has 0 unspecified atom stereocenters. The lowest BCUT2D eigenvalue weighted by Gasteiger charge is -2.35. The zero-order valence-corrected chi connectivity index (χ0v) is 10.9. The predicted molar refractivity (Wildman–Crippen MR) is 71.5 cm³/mol. The summed E-state index contributed by atoms with van der Waals surface area (Å²) in [6.45, 7) is 0. The Morgan fingerprint density at radius 2 is 2.06 bits per heavy atom. The Kier molecular flexibility index (Phi) is 2.76. The molecule has 1 aliphatic carbocycles. The molecule has 0 bridgehead atoms. The maximum absolute atomic E-state index is 11.3. The number of fused-ring (bicyclic) bond motifs is 3. The number of nitrogens with one attached hydrogen (secondary N) is 1. The van der Waals surface area contributed by atoms with Crippen molar-refractivity contribution in [3.8, 4) is 0 Å². The molecule has 3 atom stereocenters. The number of anilines is 1. The van der Waals surface area contributed by atoms with Gasteiger partial charge < -0.3 is 10.4 Å². The first kappa shape index (κ1) is 11.9. The van der Waals surface area contributed by atoms with Gasteiger partial charge in [0.05, 0.1) is 10.7 Å². The molecular formula is C13H11Cl2NO2. The number of carbonyl (C=O) groups is 1. The van der Waals surface area contributed by atoms with E-state index in [4.69, 9.17) is 23.2 Å². The second kappa shape index (κ2) is 4.18. The molecule has 0 fully saturated rings. The summed E-state index contributed by atoms with van der Waals surface area (Å²) in [6.07, 6.45) is 4.79. The molecule has 0 saturated carbocycles. The van der Waals surface area contributed by atoms with E-state index < -0.39 is 12.0 Å². The van der Waals surface area contributed by atoms with Gasteiger partial charge in [0.2, 0.25) is 0 Å². The second-order valence-electron chi connectivity index (χ2n) is 4.63. The van der Waals surface area contributed by atoms with E-state index in [1.807, 2.05) is 12.2 Å². The van der Waals surface area contributed by atoms with Gasteiger partial charge >= 0.3 is 5.97 Å². The van der Waals surface area contributed by atoms with Crippen LogP contribution < -0.4 is 5.32 Å². The molecule has 0 spiro atoms. The fraction of sp³-hybridized carbons (Fsp3) is 0.308. The summed E-state index contributed by atoms with van der Waals surface area (Å²) in [5, 5.41) is 13.5. The summed E-state index contributed by atoms with van der Waals surface area (Å²) in [7, 11) is 0. The molecule has 0 saturated heterocycles. The first-order valence-corrected chi connectivity index (χ1v) is 6.49. The summed E-state index contributed by atoms with van der Waals surface area (Å²) in [6, 6.07) is 2.83. The number of aliphatic carboxylic acids is 1. The number of rotatable bonds is 1. The van der Waals surface area contributed by atoms with Crippen LogP contribution in [-0.2, 0) is 4.79 Å². The van der Waals surface area contributed by atoms with Gasteiger partial charge in [-0.05, 0) is 18.6 Å². The third kappa shape index (κ3) is 1.62. The molecule has 1 heterocycles.